The minimum Gasteiger partial charge on any atom is -0.506 e. The number of carbonyl (C=O) groups is 1. The van der Waals surface area contributed by atoms with Crippen molar-refractivity contribution in [3.05, 3.63) is 27.7 Å². The number of carbonyl (C=O) groups excluding carboxylic acids is 1. The third-order valence-electron chi connectivity index (χ3n) is 2.87. The molecule has 24 heavy (non-hydrogen) atoms. The van der Waals surface area contributed by atoms with Gasteiger partial charge in [-0.25, -0.2) is 4.79 Å². The van der Waals surface area contributed by atoms with E-state index in [0.29, 0.717) is 34.9 Å². The molecule has 0 spiro atoms. The molecule has 0 saturated carbocycles. The van der Waals surface area contributed by atoms with Gasteiger partial charge in [-0.05, 0) is 41.4 Å². The fraction of sp³-hybridized carbons (Fsp3) is 0.375. The highest BCUT2D eigenvalue weighted by atomic mass is 79.9. The molecule has 0 heterocycles. The number of hydrogen-bond acceptors (Lipinski definition) is 6. The third kappa shape index (κ3) is 5.05. The Labute approximate surface area is 153 Å². The largest absolute Gasteiger partial charge is 0.506 e. The van der Waals surface area contributed by atoms with Gasteiger partial charge < -0.3 is 19.3 Å². The first-order valence-corrected chi connectivity index (χ1v) is 8.39. The van der Waals surface area contributed by atoms with Crippen molar-refractivity contribution in [3.63, 3.8) is 0 Å². The van der Waals surface area contributed by atoms with Gasteiger partial charge in [-0.2, -0.15) is 5.26 Å². The molecular formula is C16H17BrClNO5. The number of nitrogens with zero attached hydrogens (tertiary/aromatic N) is 1. The zero-order valence-corrected chi connectivity index (χ0v) is 15.6. The monoisotopic (exact) mass is 417 g/mol. The molecule has 0 atom stereocenters. The summed E-state index contributed by atoms with van der Waals surface area (Å²) in [5.41, 5.74) is -0.281. The van der Waals surface area contributed by atoms with Crippen LogP contribution in [-0.2, 0) is 9.53 Å². The van der Waals surface area contributed by atoms with Crippen LogP contribution in [0.2, 0.25) is 0 Å². The average Bonchev–Trinajstić information content (AvgIpc) is 2.56. The van der Waals surface area contributed by atoms with E-state index >= 15 is 0 Å². The topological polar surface area (TPSA) is 88.8 Å². The summed E-state index contributed by atoms with van der Waals surface area (Å²) in [4.78, 5) is 11.7. The Balaban J connectivity index is 3.29. The van der Waals surface area contributed by atoms with E-state index in [2.05, 4.69) is 15.9 Å². The Hall–Kier alpha value is -1.91. The Morgan fingerprint density at radius 2 is 2.12 bits per heavy atom. The number of esters is 1. The molecule has 0 saturated heterocycles. The van der Waals surface area contributed by atoms with Gasteiger partial charge in [-0.15, -0.1) is 11.6 Å². The summed E-state index contributed by atoms with van der Waals surface area (Å²) in [5, 5.41) is 19.4. The predicted molar refractivity (Wildman–Crippen MR) is 93.3 cm³/mol. The van der Waals surface area contributed by atoms with Crippen LogP contribution in [0.3, 0.4) is 0 Å². The van der Waals surface area contributed by atoms with Gasteiger partial charge in [-0.3, -0.25) is 0 Å². The van der Waals surface area contributed by atoms with Gasteiger partial charge in [0.1, 0.15) is 11.8 Å². The number of halogens is 2. The first-order chi connectivity index (χ1) is 11.5. The lowest BCUT2D eigenvalue weighted by molar-refractivity contribution is -0.138. The molecule has 6 nitrogen and oxygen atoms in total. The number of aliphatic hydroxyl groups is 1. The van der Waals surface area contributed by atoms with Crippen molar-refractivity contribution in [2.75, 3.05) is 26.2 Å². The predicted octanol–water partition coefficient (Wildman–Crippen LogP) is 3.82. The van der Waals surface area contributed by atoms with Crippen LogP contribution < -0.4 is 9.47 Å². The van der Waals surface area contributed by atoms with Crippen LogP contribution >= 0.6 is 27.5 Å². The molecule has 130 valence electrons. The summed E-state index contributed by atoms with van der Waals surface area (Å²) >= 11 is 8.90. The highest BCUT2D eigenvalue weighted by Crippen LogP contribution is 2.37. The van der Waals surface area contributed by atoms with Gasteiger partial charge in [0.25, 0.3) is 0 Å². The van der Waals surface area contributed by atoms with Gasteiger partial charge in [0.05, 0.1) is 20.3 Å². The van der Waals surface area contributed by atoms with Crippen LogP contribution in [-0.4, -0.2) is 37.3 Å². The summed E-state index contributed by atoms with van der Waals surface area (Å²) in [5.74, 6) is -0.147. The Morgan fingerprint density at radius 1 is 1.42 bits per heavy atom. The van der Waals surface area contributed by atoms with Crippen molar-refractivity contribution in [3.8, 4) is 17.6 Å². The first kappa shape index (κ1) is 20.1. The average molecular weight is 419 g/mol. The fourth-order valence-electron chi connectivity index (χ4n) is 1.76. The Kier molecular flexibility index (Phi) is 8.44. The van der Waals surface area contributed by atoms with Crippen molar-refractivity contribution in [1.82, 2.24) is 0 Å². The van der Waals surface area contributed by atoms with Crippen LogP contribution in [0, 0.1) is 11.3 Å². The quantitative estimate of drug-likeness (QED) is 0.172. The second-order valence-corrected chi connectivity index (χ2v) is 5.66. The number of nitriles is 1. The Bertz CT molecular complexity index is 669. The standard InChI is InChI=1S/C16H17BrClNO5/c1-3-23-16(21)11(9-19)15(20)10-7-13(22-2)14(8-12(10)17)24-6-4-5-18/h7-8,20H,3-6H2,1-2H3/b15-11-. The second-order valence-electron chi connectivity index (χ2n) is 4.43. The highest BCUT2D eigenvalue weighted by Gasteiger charge is 2.21. The van der Waals surface area contributed by atoms with E-state index in [1.807, 2.05) is 0 Å². The number of hydrogen-bond donors (Lipinski definition) is 1. The van der Waals surface area contributed by atoms with Crippen molar-refractivity contribution < 1.29 is 24.1 Å². The summed E-state index contributed by atoms with van der Waals surface area (Å²) in [6.07, 6.45) is 0.663. The van der Waals surface area contributed by atoms with E-state index in [-0.39, 0.29) is 12.2 Å². The molecule has 0 aliphatic carbocycles. The molecule has 8 heteroatoms. The summed E-state index contributed by atoms with van der Waals surface area (Å²) in [6, 6.07) is 4.70. The number of rotatable bonds is 8. The van der Waals surface area contributed by atoms with Crippen molar-refractivity contribution in [2.45, 2.75) is 13.3 Å². The van der Waals surface area contributed by atoms with Crippen molar-refractivity contribution in [2.24, 2.45) is 0 Å². The van der Waals surface area contributed by atoms with Crippen molar-refractivity contribution >= 4 is 39.3 Å². The number of alkyl halides is 1. The summed E-state index contributed by atoms with van der Waals surface area (Å²) in [7, 11) is 1.44. The van der Waals surface area contributed by atoms with E-state index in [4.69, 9.17) is 31.1 Å². The molecule has 0 aromatic heterocycles. The lowest BCUT2D eigenvalue weighted by Gasteiger charge is -2.14. The third-order valence-corrected chi connectivity index (χ3v) is 3.80. The maximum atomic E-state index is 11.7. The Morgan fingerprint density at radius 3 is 2.67 bits per heavy atom. The number of benzene rings is 1. The van der Waals surface area contributed by atoms with Crippen LogP contribution in [0.15, 0.2) is 22.2 Å². The molecule has 0 amide bonds. The maximum Gasteiger partial charge on any atom is 0.352 e. The molecule has 1 N–H and O–H groups in total. The zero-order valence-electron chi connectivity index (χ0n) is 13.3. The lowest BCUT2D eigenvalue weighted by Crippen LogP contribution is -2.09. The normalized spacial score (nSPS) is 11.3. The molecule has 1 aromatic carbocycles. The molecule has 1 aromatic rings. The van der Waals surface area contributed by atoms with Crippen LogP contribution in [0.5, 0.6) is 11.5 Å². The minimum atomic E-state index is -0.897. The maximum absolute atomic E-state index is 11.7. The number of methoxy groups -OCH3 is 1. The number of aliphatic hydroxyl groups excluding tert-OH is 1. The van der Waals surface area contributed by atoms with E-state index in [9.17, 15) is 9.90 Å². The van der Waals surface area contributed by atoms with Gasteiger partial charge in [0.15, 0.2) is 17.1 Å². The minimum absolute atomic E-state index is 0.0924. The van der Waals surface area contributed by atoms with Crippen LogP contribution in [0.25, 0.3) is 5.76 Å². The number of ether oxygens (including phenoxy) is 3. The van der Waals surface area contributed by atoms with E-state index in [1.165, 1.54) is 13.2 Å². The van der Waals surface area contributed by atoms with E-state index in [0.717, 1.165) is 0 Å². The fourth-order valence-corrected chi connectivity index (χ4v) is 2.38. The van der Waals surface area contributed by atoms with Gasteiger partial charge in [-0.1, -0.05) is 0 Å². The smallest absolute Gasteiger partial charge is 0.352 e. The van der Waals surface area contributed by atoms with Crippen molar-refractivity contribution in [1.29, 1.82) is 5.26 Å². The molecule has 0 aliphatic heterocycles. The lowest BCUT2D eigenvalue weighted by atomic mass is 10.1. The molecule has 0 fully saturated rings. The summed E-state index contributed by atoms with van der Waals surface area (Å²) in [6.45, 7) is 2.10. The molecule has 0 radical (unpaired) electrons. The molecule has 1 rings (SSSR count). The van der Waals surface area contributed by atoms with Gasteiger partial charge >= 0.3 is 5.97 Å². The summed E-state index contributed by atoms with van der Waals surface area (Å²) < 4.78 is 16.0. The highest BCUT2D eigenvalue weighted by molar-refractivity contribution is 9.10. The second kappa shape index (κ2) is 10.1. The zero-order chi connectivity index (χ0) is 18.1. The van der Waals surface area contributed by atoms with Gasteiger partial charge in [0.2, 0.25) is 0 Å². The first-order valence-electron chi connectivity index (χ1n) is 7.07. The molecule has 0 aliphatic rings. The molecular weight excluding hydrogens is 402 g/mol. The molecule has 0 bridgehead atoms. The van der Waals surface area contributed by atoms with Crippen LogP contribution in [0.1, 0.15) is 18.9 Å². The molecule has 0 unspecified atom stereocenters. The van der Waals surface area contributed by atoms with E-state index < -0.39 is 17.3 Å². The van der Waals surface area contributed by atoms with E-state index in [1.54, 1.807) is 19.1 Å². The van der Waals surface area contributed by atoms with Crippen LogP contribution in [0.4, 0.5) is 0 Å². The SMILES string of the molecule is CCOC(=O)/C(C#N)=C(\O)c1cc(OC)c(OCCCCl)cc1Br. The van der Waals surface area contributed by atoms with Gasteiger partial charge in [0, 0.05) is 15.9 Å².